The number of nitrogens with zero attached hydrogens (tertiary/aromatic N) is 3. The van der Waals surface area contributed by atoms with Gasteiger partial charge < -0.3 is 19.7 Å². The van der Waals surface area contributed by atoms with Crippen LogP contribution in [0.5, 0.6) is 11.5 Å². The number of aromatic nitrogens is 2. The lowest BCUT2D eigenvalue weighted by Gasteiger charge is -2.27. The molecule has 0 atom stereocenters. The van der Waals surface area contributed by atoms with Crippen molar-refractivity contribution in [1.82, 2.24) is 14.9 Å². The van der Waals surface area contributed by atoms with Gasteiger partial charge in [-0.2, -0.15) is 0 Å². The van der Waals surface area contributed by atoms with Crippen LogP contribution in [-0.2, 0) is 4.74 Å². The topological polar surface area (TPSA) is 76.6 Å². The van der Waals surface area contributed by atoms with E-state index in [1.165, 1.54) is 32.1 Å². The van der Waals surface area contributed by atoms with E-state index in [2.05, 4.69) is 10.3 Å². The zero-order valence-corrected chi connectivity index (χ0v) is 21.5. The smallest absolute Gasteiger partial charge is 0.254 e. The number of benzene rings is 2. The lowest BCUT2D eigenvalue weighted by atomic mass is 9.96. The van der Waals surface area contributed by atoms with Gasteiger partial charge in [-0.15, -0.1) is 0 Å². The number of amides is 1. The lowest BCUT2D eigenvalue weighted by molar-refractivity contribution is 0.0303. The van der Waals surface area contributed by atoms with Gasteiger partial charge in [-0.05, 0) is 43.2 Å². The third-order valence-corrected chi connectivity index (χ3v) is 7.91. The van der Waals surface area contributed by atoms with Crippen molar-refractivity contribution in [2.45, 2.75) is 38.1 Å². The number of morpholine rings is 1. The van der Waals surface area contributed by atoms with E-state index in [4.69, 9.17) is 14.5 Å². The molecule has 3 heterocycles. The van der Waals surface area contributed by atoms with Crippen LogP contribution < -0.4 is 10.1 Å². The van der Waals surface area contributed by atoms with Crippen molar-refractivity contribution in [2.24, 2.45) is 0 Å². The molecule has 4 aromatic rings. The van der Waals surface area contributed by atoms with Crippen molar-refractivity contribution in [3.8, 4) is 22.8 Å². The Balaban J connectivity index is 1.17. The second-order valence-corrected chi connectivity index (χ2v) is 10.6. The van der Waals surface area contributed by atoms with E-state index in [1.54, 1.807) is 17.5 Å². The third kappa shape index (κ3) is 5.60. The Bertz CT molecular complexity index is 1390. The molecule has 1 saturated carbocycles. The monoisotopic (exact) mass is 514 g/mol. The molecule has 190 valence electrons. The van der Waals surface area contributed by atoms with Crippen LogP contribution in [0, 0.1) is 0 Å². The average molecular weight is 515 g/mol. The highest BCUT2D eigenvalue weighted by molar-refractivity contribution is 7.22. The quantitative estimate of drug-likeness (QED) is 0.322. The summed E-state index contributed by atoms with van der Waals surface area (Å²) in [6.45, 7) is 2.40. The highest BCUT2D eigenvalue weighted by Crippen LogP contribution is 2.33. The number of nitrogens with one attached hydrogen (secondary N) is 1. The number of rotatable bonds is 6. The summed E-state index contributed by atoms with van der Waals surface area (Å²) in [6.07, 6.45) is 8.11. The van der Waals surface area contributed by atoms with Crippen LogP contribution in [0.3, 0.4) is 0 Å². The largest absolute Gasteiger partial charge is 0.457 e. The van der Waals surface area contributed by atoms with Crippen molar-refractivity contribution in [3.05, 3.63) is 66.4 Å². The minimum Gasteiger partial charge on any atom is -0.457 e. The van der Waals surface area contributed by atoms with Crippen LogP contribution in [0.15, 0.2) is 60.8 Å². The van der Waals surface area contributed by atoms with E-state index in [0.29, 0.717) is 43.7 Å². The van der Waals surface area contributed by atoms with Gasteiger partial charge in [0.2, 0.25) is 0 Å². The maximum absolute atomic E-state index is 12.9. The summed E-state index contributed by atoms with van der Waals surface area (Å²) in [4.78, 5) is 24.1. The highest BCUT2D eigenvalue weighted by Gasteiger charge is 2.19. The molecule has 1 aliphatic heterocycles. The van der Waals surface area contributed by atoms with Gasteiger partial charge in [0, 0.05) is 48.6 Å². The van der Waals surface area contributed by atoms with Crippen LogP contribution in [0.1, 0.15) is 42.5 Å². The van der Waals surface area contributed by atoms with Crippen molar-refractivity contribution in [2.75, 3.05) is 31.6 Å². The summed E-state index contributed by atoms with van der Waals surface area (Å²) in [7, 11) is 0. The predicted molar refractivity (Wildman–Crippen MR) is 147 cm³/mol. The molecule has 0 unspecified atom stereocenters. The zero-order chi connectivity index (χ0) is 25.0. The first kappa shape index (κ1) is 23.9. The first-order chi connectivity index (χ1) is 18.2. The summed E-state index contributed by atoms with van der Waals surface area (Å²) in [5.74, 6) is 1.47. The molecular weight excluding hydrogens is 484 g/mol. The van der Waals surface area contributed by atoms with Crippen molar-refractivity contribution < 1.29 is 14.3 Å². The van der Waals surface area contributed by atoms with Crippen LogP contribution in [0.25, 0.3) is 21.5 Å². The van der Waals surface area contributed by atoms with Crippen LogP contribution in [0.4, 0.5) is 5.13 Å². The van der Waals surface area contributed by atoms with Crippen molar-refractivity contribution in [1.29, 1.82) is 0 Å². The molecule has 2 aromatic carbocycles. The molecule has 1 N–H and O–H groups in total. The number of thiazole rings is 1. The molecular formula is C29H30N4O3S. The predicted octanol–water partition coefficient (Wildman–Crippen LogP) is 6.37. The number of carbonyl (C=O) groups excluding carboxylic acids is 1. The Hall–Kier alpha value is -3.49. The SMILES string of the molecule is O=C(c1cccc(-c2cc(Oc3ccc4nc(NC5CCCCC5)sc4c3)ccn2)c1)N1CCOCC1. The minimum atomic E-state index is 0.0211. The molecule has 7 nitrogen and oxygen atoms in total. The summed E-state index contributed by atoms with van der Waals surface area (Å²) >= 11 is 1.67. The number of ether oxygens (including phenoxy) is 2. The van der Waals surface area contributed by atoms with Gasteiger partial charge in [0.05, 0.1) is 29.1 Å². The zero-order valence-electron chi connectivity index (χ0n) is 20.7. The summed E-state index contributed by atoms with van der Waals surface area (Å²) < 4.78 is 12.7. The summed E-state index contributed by atoms with van der Waals surface area (Å²) in [5.41, 5.74) is 3.27. The first-order valence-electron chi connectivity index (χ1n) is 13.0. The summed E-state index contributed by atoms with van der Waals surface area (Å²) in [5, 5.41) is 4.61. The normalized spacial score (nSPS) is 16.6. The Labute approximate surface area is 220 Å². The third-order valence-electron chi connectivity index (χ3n) is 6.96. The molecule has 0 spiro atoms. The molecule has 1 saturated heterocycles. The molecule has 0 bridgehead atoms. The van der Waals surface area contributed by atoms with Crippen molar-refractivity contribution in [3.63, 3.8) is 0 Å². The van der Waals surface area contributed by atoms with Gasteiger partial charge in [0.25, 0.3) is 5.91 Å². The molecule has 2 fully saturated rings. The van der Waals surface area contributed by atoms with Crippen LogP contribution in [-0.4, -0.2) is 53.1 Å². The molecule has 1 aliphatic carbocycles. The number of carbonyl (C=O) groups is 1. The van der Waals surface area contributed by atoms with Crippen molar-refractivity contribution >= 4 is 32.6 Å². The highest BCUT2D eigenvalue weighted by atomic mass is 32.1. The maximum atomic E-state index is 12.9. The molecule has 8 heteroatoms. The number of pyridine rings is 1. The van der Waals surface area contributed by atoms with Gasteiger partial charge >= 0.3 is 0 Å². The number of hydrogen-bond acceptors (Lipinski definition) is 7. The van der Waals surface area contributed by atoms with E-state index in [-0.39, 0.29) is 5.91 Å². The van der Waals surface area contributed by atoms with E-state index >= 15 is 0 Å². The van der Waals surface area contributed by atoms with Gasteiger partial charge in [-0.1, -0.05) is 42.7 Å². The molecule has 2 aromatic heterocycles. The first-order valence-corrected chi connectivity index (χ1v) is 13.8. The second kappa shape index (κ2) is 10.9. The maximum Gasteiger partial charge on any atom is 0.254 e. The van der Waals surface area contributed by atoms with Gasteiger partial charge in [-0.3, -0.25) is 9.78 Å². The Morgan fingerprint density at radius 1 is 1.00 bits per heavy atom. The van der Waals surface area contributed by atoms with Crippen LogP contribution in [0.2, 0.25) is 0 Å². The molecule has 0 radical (unpaired) electrons. The van der Waals surface area contributed by atoms with E-state index < -0.39 is 0 Å². The standard InChI is InChI=1S/C29H30N4O3S/c34-28(33-13-15-35-16-14-33)21-6-4-5-20(17-21)26-18-24(11-12-30-26)36-23-9-10-25-27(19-23)37-29(32-25)31-22-7-2-1-3-8-22/h4-6,9-12,17-19,22H,1-3,7-8,13-16H2,(H,31,32). The molecule has 1 amide bonds. The second-order valence-electron chi connectivity index (χ2n) is 9.59. The fraction of sp³-hybridized carbons (Fsp3) is 0.345. The van der Waals surface area contributed by atoms with E-state index in [0.717, 1.165) is 32.4 Å². The van der Waals surface area contributed by atoms with Crippen LogP contribution >= 0.6 is 11.3 Å². The fourth-order valence-electron chi connectivity index (χ4n) is 4.98. The lowest BCUT2D eigenvalue weighted by Crippen LogP contribution is -2.40. The number of fused-ring (bicyclic) bond motifs is 1. The Kier molecular flexibility index (Phi) is 7.01. The Morgan fingerprint density at radius 2 is 1.84 bits per heavy atom. The van der Waals surface area contributed by atoms with Gasteiger partial charge in [-0.25, -0.2) is 4.98 Å². The minimum absolute atomic E-state index is 0.0211. The number of anilines is 1. The fourth-order valence-corrected chi connectivity index (χ4v) is 5.95. The number of hydrogen-bond donors (Lipinski definition) is 1. The van der Waals surface area contributed by atoms with E-state index in [1.807, 2.05) is 59.5 Å². The average Bonchev–Trinajstić information content (AvgIpc) is 3.35. The van der Waals surface area contributed by atoms with E-state index in [9.17, 15) is 4.79 Å². The molecule has 37 heavy (non-hydrogen) atoms. The molecule has 2 aliphatic rings. The van der Waals surface area contributed by atoms with Gasteiger partial charge in [0.1, 0.15) is 11.5 Å². The summed E-state index contributed by atoms with van der Waals surface area (Å²) in [6, 6.07) is 17.9. The molecule has 6 rings (SSSR count). The van der Waals surface area contributed by atoms with Gasteiger partial charge in [0.15, 0.2) is 5.13 Å². The Morgan fingerprint density at radius 3 is 2.70 bits per heavy atom.